The zero-order valence-corrected chi connectivity index (χ0v) is 13.9. The summed E-state index contributed by atoms with van der Waals surface area (Å²) in [4.78, 5) is 11.7. The number of carbonyl (C=O) groups excluding carboxylic acids is 1. The number of hydrogen-bond donors (Lipinski definition) is 1. The zero-order chi connectivity index (χ0) is 15.7. The Kier molecular flexibility index (Phi) is 8.08. The molecule has 21 heavy (non-hydrogen) atoms. The number of benzene rings is 2. The van der Waals surface area contributed by atoms with E-state index in [2.05, 4.69) is 51.7 Å². The molecule has 0 aliphatic heterocycles. The summed E-state index contributed by atoms with van der Waals surface area (Å²) in [7, 11) is 4.20. The molecule has 0 aliphatic rings. The molecule has 0 fully saturated rings. The van der Waals surface area contributed by atoms with Crippen LogP contribution in [0.2, 0.25) is 0 Å². The van der Waals surface area contributed by atoms with Crippen molar-refractivity contribution >= 4 is 38.1 Å². The van der Waals surface area contributed by atoms with Gasteiger partial charge in [-0.25, -0.2) is 5.43 Å². The van der Waals surface area contributed by atoms with Gasteiger partial charge >= 0.3 is 25.2 Å². The van der Waals surface area contributed by atoms with Crippen molar-refractivity contribution in [3.8, 4) is 5.75 Å². The molecule has 0 saturated carbocycles. The summed E-state index contributed by atoms with van der Waals surface area (Å²) in [6, 6.07) is 14.0. The van der Waals surface area contributed by atoms with Crippen molar-refractivity contribution in [3.05, 3.63) is 64.1 Å². The summed E-state index contributed by atoms with van der Waals surface area (Å²) in [5, 5.41) is 11.5. The van der Waals surface area contributed by atoms with E-state index in [0.29, 0.717) is 16.9 Å². The van der Waals surface area contributed by atoms with Crippen molar-refractivity contribution in [1.29, 1.82) is 0 Å². The topological polar surface area (TPSA) is 64.4 Å². The van der Waals surface area contributed by atoms with Crippen LogP contribution in [-0.4, -0.2) is 17.2 Å². The third kappa shape index (κ3) is 5.89. The summed E-state index contributed by atoms with van der Waals surface area (Å²) in [5.74, 6) is 0.0688. The van der Waals surface area contributed by atoms with E-state index in [0.717, 1.165) is 4.47 Å². The molecule has 1 amide bonds. The van der Waals surface area contributed by atoms with Crippen molar-refractivity contribution in [3.63, 3.8) is 0 Å². The Bertz CT molecular complexity index is 624. The Balaban J connectivity index is 0.00000106. The van der Waals surface area contributed by atoms with E-state index in [4.69, 9.17) is 5.11 Å². The molecule has 0 aliphatic carbocycles. The van der Waals surface area contributed by atoms with Gasteiger partial charge in [0, 0.05) is 16.1 Å². The molecule has 113 valence electrons. The minimum atomic E-state index is -0.279. The summed E-state index contributed by atoms with van der Waals surface area (Å²) in [6.45, 7) is 0. The molecule has 2 aromatic carbocycles. The van der Waals surface area contributed by atoms with Gasteiger partial charge in [0.2, 0.25) is 0 Å². The average Bonchev–Trinajstić information content (AvgIpc) is 2.53. The fourth-order valence-corrected chi connectivity index (χ4v) is 1.83. The van der Waals surface area contributed by atoms with Gasteiger partial charge in [-0.05, 0) is 24.3 Å². The molecule has 3 N–H and O–H groups in total. The summed E-state index contributed by atoms with van der Waals surface area (Å²) < 4.78 is 0.860. The molecule has 0 saturated heterocycles. The molecular formula is C14H12BrClCuN2O2+2. The fraction of sp³-hybridized carbons (Fsp3) is 0. The van der Waals surface area contributed by atoms with E-state index in [1.807, 2.05) is 6.07 Å². The Morgan fingerprint density at radius 3 is 2.57 bits per heavy atom. The quantitative estimate of drug-likeness (QED) is 0.353. The first-order valence-corrected chi connectivity index (χ1v) is 7.76. The standard InChI is InChI=1S/C14H11BrN2O2.ClH.Cu/c15-12-6-7-13(18)11(8-12)9-16-17-14(19)10-4-2-1-3-5-10;;/h1-9,18H,(H,17,19);1H;/q;;+2. The van der Waals surface area contributed by atoms with Gasteiger partial charge in [0.15, 0.2) is 0 Å². The number of halogens is 2. The van der Waals surface area contributed by atoms with Gasteiger partial charge in [0.25, 0.3) is 11.7 Å². The number of rotatable bonds is 3. The first-order chi connectivity index (χ1) is 10.2. The molecule has 0 radical (unpaired) electrons. The van der Waals surface area contributed by atoms with E-state index >= 15 is 0 Å². The molecule has 0 spiro atoms. The minimum absolute atomic E-state index is 0.279. The molecule has 0 heterocycles. The first-order valence-electron chi connectivity index (χ1n) is 5.68. The Hall–Kier alpha value is -1.33. The van der Waals surface area contributed by atoms with Gasteiger partial charge in [-0.1, -0.05) is 34.1 Å². The van der Waals surface area contributed by atoms with Gasteiger partial charge < -0.3 is 5.11 Å². The molecule has 4 nitrogen and oxygen atoms in total. The SMILES string of the molecule is O=C(NN=Cc1cc(Br)ccc1[OH2+])c1ccccc1.[Cl][Cu+]. The van der Waals surface area contributed by atoms with E-state index in [1.165, 1.54) is 6.21 Å². The van der Waals surface area contributed by atoms with E-state index in [1.54, 1.807) is 42.5 Å². The molecule has 0 aromatic heterocycles. The van der Waals surface area contributed by atoms with Crippen LogP contribution in [0.25, 0.3) is 0 Å². The van der Waals surface area contributed by atoms with Crippen LogP contribution in [0.5, 0.6) is 5.75 Å². The van der Waals surface area contributed by atoms with Crippen LogP contribution >= 0.6 is 26.0 Å². The Morgan fingerprint density at radius 2 is 1.90 bits per heavy atom. The molecule has 7 heteroatoms. The van der Waals surface area contributed by atoms with Gasteiger partial charge in [-0.15, -0.1) is 0 Å². The van der Waals surface area contributed by atoms with Gasteiger partial charge in [-0.2, -0.15) is 5.10 Å². The second-order valence-electron chi connectivity index (χ2n) is 3.80. The predicted octanol–water partition coefficient (Wildman–Crippen LogP) is 3.34. The number of nitrogens with one attached hydrogen (secondary N) is 1. The maximum atomic E-state index is 11.7. The monoisotopic (exact) mass is 417 g/mol. The van der Waals surface area contributed by atoms with Crippen LogP contribution < -0.4 is 5.43 Å². The van der Waals surface area contributed by atoms with Crippen molar-refractivity contribution in [2.75, 3.05) is 0 Å². The van der Waals surface area contributed by atoms with Crippen molar-refractivity contribution < 1.29 is 25.0 Å². The van der Waals surface area contributed by atoms with Gasteiger partial charge in [0.1, 0.15) is 0 Å². The summed E-state index contributed by atoms with van der Waals surface area (Å²) in [6.07, 6.45) is 1.45. The third-order valence-corrected chi connectivity index (χ3v) is 2.91. The van der Waals surface area contributed by atoms with Gasteiger partial charge in [-0.3, -0.25) is 4.79 Å². The number of amides is 1. The zero-order valence-electron chi connectivity index (χ0n) is 10.6. The second-order valence-corrected chi connectivity index (χ2v) is 4.71. The number of nitrogens with zero attached hydrogens (tertiary/aromatic N) is 1. The van der Waals surface area contributed by atoms with Gasteiger partial charge in [0.05, 0.1) is 11.8 Å². The van der Waals surface area contributed by atoms with Crippen LogP contribution in [0.1, 0.15) is 15.9 Å². The second kappa shape index (κ2) is 9.58. The van der Waals surface area contributed by atoms with E-state index < -0.39 is 0 Å². The number of hydrazone groups is 1. The van der Waals surface area contributed by atoms with Crippen LogP contribution in [0.4, 0.5) is 0 Å². The fourth-order valence-electron chi connectivity index (χ4n) is 1.45. The average molecular weight is 419 g/mol. The Labute approximate surface area is 143 Å². The predicted molar refractivity (Wildman–Crippen MR) is 84.6 cm³/mol. The van der Waals surface area contributed by atoms with Crippen LogP contribution in [0, 0.1) is 0 Å². The normalized spacial score (nSPS) is 9.90. The summed E-state index contributed by atoms with van der Waals surface area (Å²) >= 11 is 6.98. The molecule has 0 bridgehead atoms. The molecule has 0 unspecified atom stereocenters. The third-order valence-electron chi connectivity index (χ3n) is 2.42. The van der Waals surface area contributed by atoms with Crippen molar-refractivity contribution in [2.45, 2.75) is 0 Å². The molecule has 2 rings (SSSR count). The molecule has 0 atom stereocenters. The number of carbonyl (C=O) groups is 1. The van der Waals surface area contributed by atoms with E-state index in [9.17, 15) is 4.79 Å². The molecular weight excluding hydrogens is 407 g/mol. The maximum absolute atomic E-state index is 11.7. The van der Waals surface area contributed by atoms with Crippen molar-refractivity contribution in [2.24, 2.45) is 5.10 Å². The van der Waals surface area contributed by atoms with Crippen LogP contribution in [0.3, 0.4) is 0 Å². The number of hydrogen-bond acceptors (Lipinski definition) is 2. The van der Waals surface area contributed by atoms with Crippen LogP contribution in [0.15, 0.2) is 58.1 Å². The summed E-state index contributed by atoms with van der Waals surface area (Å²) in [5.41, 5.74) is 3.60. The molecule has 2 aromatic rings. The van der Waals surface area contributed by atoms with Crippen molar-refractivity contribution in [1.82, 2.24) is 5.43 Å². The first kappa shape index (κ1) is 17.7. The van der Waals surface area contributed by atoms with E-state index in [-0.39, 0.29) is 5.91 Å². The van der Waals surface area contributed by atoms with Crippen LogP contribution in [-0.2, 0) is 15.1 Å². The Morgan fingerprint density at radius 1 is 1.24 bits per heavy atom.